The Hall–Kier alpha value is -3.86. The number of benzene rings is 3. The molecule has 1 fully saturated rings. The van der Waals surface area contributed by atoms with Gasteiger partial charge in [0.05, 0.1) is 0 Å². The van der Waals surface area contributed by atoms with E-state index in [1.165, 1.54) is 12.5 Å². The molecule has 0 radical (unpaired) electrons. The fraction of sp³-hybridized carbons (Fsp3) is 0.185. The monoisotopic (exact) mass is 424 g/mol. The molecule has 160 valence electrons. The van der Waals surface area contributed by atoms with E-state index in [0.717, 1.165) is 39.8 Å². The van der Waals surface area contributed by atoms with Gasteiger partial charge < -0.3 is 15.0 Å². The zero-order valence-electron chi connectivity index (χ0n) is 17.8. The molecule has 0 saturated heterocycles. The number of carbonyl (C=O) groups excluding carboxylic acids is 2. The topological polar surface area (TPSA) is 71.2 Å². The van der Waals surface area contributed by atoms with E-state index in [9.17, 15) is 9.59 Å². The molecule has 5 nitrogen and oxygen atoms in total. The minimum atomic E-state index is -0.295. The number of H-pyrrole nitrogens is 1. The highest BCUT2D eigenvalue weighted by molar-refractivity contribution is 5.97. The molecule has 1 aliphatic rings. The number of nitrogens with one attached hydrogen (secondary N) is 2. The van der Waals surface area contributed by atoms with Gasteiger partial charge in [0.2, 0.25) is 5.91 Å². The smallest absolute Gasteiger partial charge is 0.302 e. The molecule has 2 atom stereocenters. The number of aromatic nitrogens is 1. The van der Waals surface area contributed by atoms with Crippen LogP contribution in [0.5, 0.6) is 0 Å². The van der Waals surface area contributed by atoms with Gasteiger partial charge >= 0.3 is 5.97 Å². The second-order valence-corrected chi connectivity index (χ2v) is 8.31. The molecule has 1 unspecified atom stereocenters. The van der Waals surface area contributed by atoms with E-state index in [1.807, 2.05) is 60.7 Å². The molecule has 1 aromatic heterocycles. The van der Waals surface area contributed by atoms with E-state index in [0.29, 0.717) is 5.92 Å². The molecule has 1 saturated carbocycles. The van der Waals surface area contributed by atoms with Crippen LogP contribution in [0.2, 0.25) is 0 Å². The average molecular weight is 425 g/mol. The van der Waals surface area contributed by atoms with E-state index >= 15 is 0 Å². The Morgan fingerprint density at radius 2 is 1.84 bits per heavy atom. The van der Waals surface area contributed by atoms with Crippen LogP contribution < -0.4 is 5.32 Å². The lowest BCUT2D eigenvalue weighted by Crippen LogP contribution is -2.14. The summed E-state index contributed by atoms with van der Waals surface area (Å²) in [6.45, 7) is 1.66. The summed E-state index contributed by atoms with van der Waals surface area (Å²) >= 11 is 0. The van der Waals surface area contributed by atoms with Crippen LogP contribution in [-0.4, -0.2) is 16.9 Å². The lowest BCUT2D eigenvalue weighted by atomic mass is 10.1. The van der Waals surface area contributed by atoms with Crippen molar-refractivity contribution in [1.82, 2.24) is 4.98 Å². The van der Waals surface area contributed by atoms with Gasteiger partial charge in [-0.25, -0.2) is 0 Å². The summed E-state index contributed by atoms with van der Waals surface area (Å²) in [4.78, 5) is 27.2. The molecule has 4 aromatic rings. The first-order valence-electron chi connectivity index (χ1n) is 10.8. The number of carbonyl (C=O) groups is 2. The molecule has 5 rings (SSSR count). The SMILES string of the molecule is CC(=O)OCc1cccc(-c2cc3ccc(NC(=O)C4C[C@H]4c4ccccc4)cc3[nH]2)c1. The van der Waals surface area contributed by atoms with Crippen LogP contribution in [0.15, 0.2) is 78.9 Å². The van der Waals surface area contributed by atoms with Crippen molar-refractivity contribution < 1.29 is 14.3 Å². The van der Waals surface area contributed by atoms with E-state index in [2.05, 4.69) is 28.5 Å². The fourth-order valence-electron chi connectivity index (χ4n) is 4.16. The van der Waals surface area contributed by atoms with Gasteiger partial charge in [0.15, 0.2) is 0 Å². The number of ether oxygens (including phenoxy) is 1. The largest absolute Gasteiger partial charge is 0.461 e. The summed E-state index contributed by atoms with van der Waals surface area (Å²) in [6.07, 6.45) is 0.897. The molecule has 1 amide bonds. The van der Waals surface area contributed by atoms with Gasteiger partial charge in [0, 0.05) is 35.1 Å². The third-order valence-corrected chi connectivity index (χ3v) is 5.93. The Bertz CT molecular complexity index is 1290. The number of aromatic amines is 1. The van der Waals surface area contributed by atoms with Crippen molar-refractivity contribution in [3.8, 4) is 11.3 Å². The summed E-state index contributed by atoms with van der Waals surface area (Å²) in [5, 5.41) is 4.14. The van der Waals surface area contributed by atoms with Crippen LogP contribution in [0.1, 0.15) is 30.4 Å². The summed E-state index contributed by atoms with van der Waals surface area (Å²) in [7, 11) is 0. The average Bonchev–Trinajstić information content (AvgIpc) is 3.50. The highest BCUT2D eigenvalue weighted by Gasteiger charge is 2.43. The molecule has 2 N–H and O–H groups in total. The third kappa shape index (κ3) is 4.28. The first-order valence-corrected chi connectivity index (χ1v) is 10.8. The Labute approximate surface area is 186 Å². The minimum Gasteiger partial charge on any atom is -0.461 e. The molecule has 5 heteroatoms. The number of hydrogen-bond donors (Lipinski definition) is 2. The molecule has 0 spiro atoms. The summed E-state index contributed by atoms with van der Waals surface area (Å²) < 4.78 is 5.10. The van der Waals surface area contributed by atoms with Gasteiger partial charge in [0.1, 0.15) is 6.61 Å². The normalized spacial score (nSPS) is 17.2. The van der Waals surface area contributed by atoms with Gasteiger partial charge in [-0.2, -0.15) is 0 Å². The van der Waals surface area contributed by atoms with Gasteiger partial charge in [-0.3, -0.25) is 9.59 Å². The number of anilines is 1. The van der Waals surface area contributed by atoms with Crippen molar-refractivity contribution in [2.45, 2.75) is 25.9 Å². The molecule has 3 aromatic carbocycles. The van der Waals surface area contributed by atoms with E-state index < -0.39 is 0 Å². The second-order valence-electron chi connectivity index (χ2n) is 8.31. The van der Waals surface area contributed by atoms with E-state index in [-0.39, 0.29) is 24.4 Å². The van der Waals surface area contributed by atoms with Crippen molar-refractivity contribution in [1.29, 1.82) is 0 Å². The number of amides is 1. The molecule has 1 aliphatic carbocycles. The number of esters is 1. The number of fused-ring (bicyclic) bond motifs is 1. The minimum absolute atomic E-state index is 0.0345. The van der Waals surface area contributed by atoms with Crippen molar-refractivity contribution in [2.75, 3.05) is 5.32 Å². The quantitative estimate of drug-likeness (QED) is 0.394. The molecule has 0 aliphatic heterocycles. The van der Waals surface area contributed by atoms with E-state index in [1.54, 1.807) is 0 Å². The van der Waals surface area contributed by atoms with Crippen LogP contribution in [0.4, 0.5) is 5.69 Å². The van der Waals surface area contributed by atoms with Crippen LogP contribution >= 0.6 is 0 Å². The standard InChI is InChI=1S/C27H24N2O3/c1-17(30)32-16-18-6-5-9-20(12-18)25-13-21-10-11-22(14-26(21)29-25)28-27(31)24-15-23(24)19-7-3-2-4-8-19/h2-14,23-24,29H,15-16H2,1H3,(H,28,31)/t23-,24?/m0/s1. The molecule has 1 heterocycles. The maximum absolute atomic E-state index is 12.7. The zero-order chi connectivity index (χ0) is 22.1. The van der Waals surface area contributed by atoms with Gasteiger partial charge in [-0.1, -0.05) is 54.6 Å². The molecular weight excluding hydrogens is 400 g/mol. The van der Waals surface area contributed by atoms with Crippen molar-refractivity contribution in [2.24, 2.45) is 5.92 Å². The molecular formula is C27H24N2O3. The zero-order valence-corrected chi connectivity index (χ0v) is 17.8. The number of rotatable bonds is 6. The summed E-state index contributed by atoms with van der Waals surface area (Å²) in [5.74, 6) is 0.128. The van der Waals surface area contributed by atoms with Gasteiger partial charge in [-0.15, -0.1) is 0 Å². The third-order valence-electron chi connectivity index (χ3n) is 5.93. The van der Waals surface area contributed by atoms with Crippen molar-refractivity contribution in [3.05, 3.63) is 90.0 Å². The molecule has 32 heavy (non-hydrogen) atoms. The van der Waals surface area contributed by atoms with Crippen molar-refractivity contribution >= 4 is 28.5 Å². The Morgan fingerprint density at radius 3 is 2.66 bits per heavy atom. The molecule has 0 bridgehead atoms. The van der Waals surface area contributed by atoms with Gasteiger partial charge in [0.25, 0.3) is 0 Å². The van der Waals surface area contributed by atoms with Crippen LogP contribution in [-0.2, 0) is 20.9 Å². The fourth-order valence-corrected chi connectivity index (χ4v) is 4.16. The maximum atomic E-state index is 12.7. The van der Waals surface area contributed by atoms with Crippen LogP contribution in [0.3, 0.4) is 0 Å². The van der Waals surface area contributed by atoms with Crippen molar-refractivity contribution in [3.63, 3.8) is 0 Å². The van der Waals surface area contributed by atoms with E-state index in [4.69, 9.17) is 4.74 Å². The van der Waals surface area contributed by atoms with Crippen LogP contribution in [0, 0.1) is 5.92 Å². The first kappa shape index (κ1) is 20.1. The lowest BCUT2D eigenvalue weighted by Gasteiger charge is -2.05. The van der Waals surface area contributed by atoms with Crippen LogP contribution in [0.25, 0.3) is 22.2 Å². The summed E-state index contributed by atoms with van der Waals surface area (Å²) in [5.41, 5.74) is 5.89. The Kier molecular flexibility index (Phi) is 5.23. The summed E-state index contributed by atoms with van der Waals surface area (Å²) in [6, 6.07) is 26.1. The number of hydrogen-bond acceptors (Lipinski definition) is 3. The predicted octanol–water partition coefficient (Wildman–Crippen LogP) is 5.64. The predicted molar refractivity (Wildman–Crippen MR) is 125 cm³/mol. The second kappa shape index (κ2) is 8.35. The highest BCUT2D eigenvalue weighted by atomic mass is 16.5. The first-order chi connectivity index (χ1) is 15.6. The highest BCUT2D eigenvalue weighted by Crippen LogP contribution is 2.47. The Balaban J connectivity index is 1.30. The lowest BCUT2D eigenvalue weighted by molar-refractivity contribution is -0.142. The van der Waals surface area contributed by atoms with Gasteiger partial charge in [-0.05, 0) is 53.3 Å². The Morgan fingerprint density at radius 1 is 1.00 bits per heavy atom. The maximum Gasteiger partial charge on any atom is 0.302 e.